The standard InChI is InChI=1S/C29H35F3N2O3/c1-3-21-14-23(10-11-24(21)15-34-16-25(17-34)28(35)36)19(2)33-37-18-20-9-12-26(22-7-5-4-6-8-22)27(13-20)29(30,31)32/h9-14,22,25H,3-8,15-18H2,1-2H3,(H,35,36)/i2D3. The number of hydrogen-bond acceptors (Lipinski definition) is 4. The van der Waals surface area contributed by atoms with Gasteiger partial charge in [0.25, 0.3) is 0 Å². The molecule has 37 heavy (non-hydrogen) atoms. The molecular weight excluding hydrogens is 481 g/mol. The van der Waals surface area contributed by atoms with Gasteiger partial charge in [0.2, 0.25) is 0 Å². The lowest BCUT2D eigenvalue weighted by atomic mass is 9.81. The van der Waals surface area contributed by atoms with E-state index in [2.05, 4.69) is 5.16 Å². The Morgan fingerprint density at radius 3 is 2.54 bits per heavy atom. The highest BCUT2D eigenvalue weighted by Gasteiger charge is 2.36. The summed E-state index contributed by atoms with van der Waals surface area (Å²) in [4.78, 5) is 18.4. The normalized spacial score (nSPS) is 19.6. The van der Waals surface area contributed by atoms with Crippen molar-refractivity contribution in [3.8, 4) is 0 Å². The molecule has 1 N–H and O–H groups in total. The Labute approximate surface area is 220 Å². The van der Waals surface area contributed by atoms with E-state index in [1.165, 1.54) is 6.07 Å². The fourth-order valence-corrected chi connectivity index (χ4v) is 5.29. The van der Waals surface area contributed by atoms with E-state index in [0.717, 1.165) is 49.3 Å². The third kappa shape index (κ3) is 6.72. The number of carboxylic acid groups (broad SMARTS) is 1. The van der Waals surface area contributed by atoms with Crippen LogP contribution in [0.3, 0.4) is 0 Å². The third-order valence-electron chi connectivity index (χ3n) is 7.42. The summed E-state index contributed by atoms with van der Waals surface area (Å²) in [6.45, 7) is 0.521. The SMILES string of the molecule is [2H]C([2H])([2H])C(=NOCc1ccc(C2CCCCC2)c(C(F)(F)F)c1)c1ccc(CN2CC(C(=O)O)C2)c(CC)c1. The smallest absolute Gasteiger partial charge is 0.416 e. The van der Waals surface area contributed by atoms with Crippen LogP contribution in [-0.2, 0) is 35.4 Å². The van der Waals surface area contributed by atoms with Gasteiger partial charge in [-0.3, -0.25) is 9.69 Å². The number of aryl methyl sites for hydroxylation is 1. The molecule has 1 aliphatic carbocycles. The summed E-state index contributed by atoms with van der Waals surface area (Å²) in [5.74, 6) is -1.29. The van der Waals surface area contributed by atoms with Crippen molar-refractivity contribution in [1.29, 1.82) is 0 Å². The van der Waals surface area contributed by atoms with Gasteiger partial charge in [0, 0.05) is 23.7 Å². The first-order valence-corrected chi connectivity index (χ1v) is 12.8. The van der Waals surface area contributed by atoms with Gasteiger partial charge >= 0.3 is 12.1 Å². The van der Waals surface area contributed by atoms with Crippen LogP contribution in [0.5, 0.6) is 0 Å². The molecule has 2 aliphatic rings. The van der Waals surface area contributed by atoms with Gasteiger partial charge in [-0.25, -0.2) is 0 Å². The molecule has 0 bridgehead atoms. The molecule has 1 saturated heterocycles. The van der Waals surface area contributed by atoms with Crippen LogP contribution in [-0.4, -0.2) is 34.8 Å². The maximum absolute atomic E-state index is 13.9. The lowest BCUT2D eigenvalue weighted by Gasteiger charge is -2.37. The maximum Gasteiger partial charge on any atom is 0.416 e. The van der Waals surface area contributed by atoms with Crippen LogP contribution in [0.15, 0.2) is 41.6 Å². The van der Waals surface area contributed by atoms with E-state index >= 15 is 0 Å². The Balaban J connectivity index is 1.51. The van der Waals surface area contributed by atoms with Gasteiger partial charge in [-0.05, 0) is 72.0 Å². The number of carboxylic acids is 1. The highest BCUT2D eigenvalue weighted by molar-refractivity contribution is 5.98. The van der Waals surface area contributed by atoms with E-state index in [9.17, 15) is 18.0 Å². The number of carbonyl (C=O) groups is 1. The monoisotopic (exact) mass is 519 g/mol. The lowest BCUT2D eigenvalue weighted by Crippen LogP contribution is -2.49. The number of oxime groups is 1. The summed E-state index contributed by atoms with van der Waals surface area (Å²) in [5, 5.41) is 13.0. The molecule has 0 amide bonds. The molecule has 0 atom stereocenters. The van der Waals surface area contributed by atoms with Crippen LogP contribution in [0.25, 0.3) is 0 Å². The van der Waals surface area contributed by atoms with Crippen molar-refractivity contribution in [2.75, 3.05) is 13.1 Å². The van der Waals surface area contributed by atoms with Crippen LogP contribution in [0.2, 0.25) is 0 Å². The van der Waals surface area contributed by atoms with Gasteiger partial charge < -0.3 is 9.94 Å². The third-order valence-corrected chi connectivity index (χ3v) is 7.42. The number of benzene rings is 2. The number of rotatable bonds is 9. The van der Waals surface area contributed by atoms with E-state index in [0.29, 0.717) is 37.2 Å². The molecule has 0 aromatic heterocycles. The molecule has 200 valence electrons. The Bertz CT molecular complexity index is 1240. The zero-order chi connectivity index (χ0) is 29.1. The van der Waals surface area contributed by atoms with Crippen molar-refractivity contribution in [2.45, 2.75) is 77.5 Å². The molecule has 8 heteroatoms. The summed E-state index contributed by atoms with van der Waals surface area (Å²) in [7, 11) is 0. The minimum Gasteiger partial charge on any atom is -0.481 e. The quantitative estimate of drug-likeness (QED) is 0.293. The summed E-state index contributed by atoms with van der Waals surface area (Å²) < 4.78 is 65.6. The van der Waals surface area contributed by atoms with E-state index in [1.54, 1.807) is 18.2 Å². The zero-order valence-electron chi connectivity index (χ0n) is 24.0. The molecule has 1 aliphatic heterocycles. The fourth-order valence-electron chi connectivity index (χ4n) is 5.29. The Morgan fingerprint density at radius 1 is 1.14 bits per heavy atom. The van der Waals surface area contributed by atoms with E-state index in [-0.39, 0.29) is 29.7 Å². The topological polar surface area (TPSA) is 62.1 Å². The summed E-state index contributed by atoms with van der Waals surface area (Å²) >= 11 is 0. The van der Waals surface area contributed by atoms with Crippen molar-refractivity contribution < 1.29 is 32.0 Å². The second-order valence-corrected chi connectivity index (χ2v) is 10.0. The molecule has 1 saturated carbocycles. The Kier molecular flexibility index (Phi) is 7.34. The lowest BCUT2D eigenvalue weighted by molar-refractivity contribution is -0.147. The molecule has 2 aromatic carbocycles. The number of nitrogens with zero attached hydrogens (tertiary/aromatic N) is 2. The fraction of sp³-hybridized carbons (Fsp3) is 0.517. The molecule has 0 spiro atoms. The number of likely N-dealkylation sites (tertiary alicyclic amines) is 1. The van der Waals surface area contributed by atoms with Crippen molar-refractivity contribution >= 4 is 11.7 Å². The molecule has 2 aromatic rings. The average molecular weight is 520 g/mol. The first kappa shape index (κ1) is 23.3. The molecule has 5 nitrogen and oxygen atoms in total. The van der Waals surface area contributed by atoms with Gasteiger partial charge in [-0.1, -0.05) is 55.6 Å². The number of alkyl halides is 3. The van der Waals surface area contributed by atoms with E-state index < -0.39 is 24.6 Å². The number of aliphatic carboxylic acids is 1. The van der Waals surface area contributed by atoms with Crippen molar-refractivity contribution in [2.24, 2.45) is 11.1 Å². The maximum atomic E-state index is 13.9. The van der Waals surface area contributed by atoms with E-state index in [1.807, 2.05) is 17.9 Å². The summed E-state index contributed by atoms with van der Waals surface area (Å²) in [6, 6.07) is 9.39. The van der Waals surface area contributed by atoms with E-state index in [4.69, 9.17) is 14.1 Å². The zero-order valence-corrected chi connectivity index (χ0v) is 21.0. The van der Waals surface area contributed by atoms with Crippen LogP contribution >= 0.6 is 0 Å². The number of halogens is 3. The summed E-state index contributed by atoms with van der Waals surface area (Å²) in [5.41, 5.74) is 1.85. The molecule has 4 rings (SSSR count). The Hall–Kier alpha value is -2.87. The second kappa shape index (κ2) is 11.7. The van der Waals surface area contributed by atoms with Crippen molar-refractivity contribution in [3.05, 3.63) is 69.8 Å². The van der Waals surface area contributed by atoms with Gasteiger partial charge in [-0.15, -0.1) is 0 Å². The Morgan fingerprint density at radius 2 is 1.89 bits per heavy atom. The predicted octanol–water partition coefficient (Wildman–Crippen LogP) is 6.77. The minimum absolute atomic E-state index is 0.115. The van der Waals surface area contributed by atoms with Gasteiger partial charge in [0.15, 0.2) is 0 Å². The largest absolute Gasteiger partial charge is 0.481 e. The molecule has 1 heterocycles. The van der Waals surface area contributed by atoms with Crippen LogP contribution in [0.4, 0.5) is 13.2 Å². The molecular formula is C29H35F3N2O3. The highest BCUT2D eigenvalue weighted by atomic mass is 19.4. The highest BCUT2D eigenvalue weighted by Crippen LogP contribution is 2.41. The molecule has 2 fully saturated rings. The molecule has 0 radical (unpaired) electrons. The van der Waals surface area contributed by atoms with Crippen LogP contribution in [0, 0.1) is 5.92 Å². The first-order valence-electron chi connectivity index (χ1n) is 14.3. The van der Waals surface area contributed by atoms with Crippen molar-refractivity contribution in [1.82, 2.24) is 4.90 Å². The minimum atomic E-state index is -4.50. The first-order chi connectivity index (χ1) is 18.9. The van der Waals surface area contributed by atoms with Gasteiger partial charge in [-0.2, -0.15) is 13.2 Å². The number of hydrogen-bond donors (Lipinski definition) is 1. The second-order valence-electron chi connectivity index (χ2n) is 10.0. The average Bonchev–Trinajstić information content (AvgIpc) is 2.87. The van der Waals surface area contributed by atoms with Crippen LogP contribution in [0.1, 0.15) is 89.3 Å². The molecule has 0 unspecified atom stereocenters. The predicted molar refractivity (Wildman–Crippen MR) is 136 cm³/mol. The van der Waals surface area contributed by atoms with Gasteiger partial charge in [0.1, 0.15) is 6.61 Å². The van der Waals surface area contributed by atoms with Crippen molar-refractivity contribution in [3.63, 3.8) is 0 Å². The summed E-state index contributed by atoms with van der Waals surface area (Å²) in [6.07, 6.45) is 0.491. The van der Waals surface area contributed by atoms with Crippen LogP contribution < -0.4 is 0 Å². The van der Waals surface area contributed by atoms with Gasteiger partial charge in [0.05, 0.1) is 17.2 Å².